The Morgan fingerprint density at radius 3 is 1.26 bits per heavy atom. The van der Waals surface area contributed by atoms with Gasteiger partial charge in [0.25, 0.3) is 0 Å². The number of ketones is 3. The van der Waals surface area contributed by atoms with Crippen molar-refractivity contribution in [2.75, 3.05) is 0 Å². The first-order valence-corrected chi connectivity index (χ1v) is 13.8. The van der Waals surface area contributed by atoms with E-state index in [0.717, 1.165) is 44.5 Å². The second-order valence-electron chi connectivity index (χ2n) is 11.0. The molecule has 0 aromatic carbocycles. The molecule has 0 bridgehead atoms. The third-order valence-corrected chi connectivity index (χ3v) is 7.76. The van der Waals surface area contributed by atoms with Crippen molar-refractivity contribution in [2.24, 2.45) is 0 Å². The van der Waals surface area contributed by atoms with Gasteiger partial charge in [0.15, 0.2) is 17.3 Å². The van der Waals surface area contributed by atoms with Gasteiger partial charge in [0, 0.05) is 35.1 Å². The van der Waals surface area contributed by atoms with E-state index in [-0.39, 0.29) is 29.2 Å². The summed E-state index contributed by atoms with van der Waals surface area (Å²) in [6.07, 6.45) is 0.728. The first kappa shape index (κ1) is 27.4. The molecular weight excluding hydrogens is 468 g/mol. The summed E-state index contributed by atoms with van der Waals surface area (Å²) in [4.78, 5) is 40.6. The topological polar surface area (TPSA) is 51.2 Å². The Bertz CT molecular complexity index is 1390. The minimum Gasteiger partial charge on any atom is -0.294 e. The van der Waals surface area contributed by atoms with Gasteiger partial charge in [-0.3, -0.25) is 14.4 Å². The highest BCUT2D eigenvalue weighted by Crippen LogP contribution is 2.42. The van der Waals surface area contributed by atoms with Gasteiger partial charge in [0.1, 0.15) is 0 Å². The second kappa shape index (κ2) is 10.6. The van der Waals surface area contributed by atoms with Gasteiger partial charge in [-0.2, -0.15) is 0 Å². The Kier molecular flexibility index (Phi) is 7.69. The van der Waals surface area contributed by atoms with Crippen molar-refractivity contribution in [3.8, 4) is 22.3 Å². The van der Waals surface area contributed by atoms with E-state index < -0.39 is 0 Å². The molecule has 38 heavy (non-hydrogen) atoms. The van der Waals surface area contributed by atoms with Gasteiger partial charge in [-0.05, 0) is 82.3 Å². The molecule has 4 rings (SSSR count). The van der Waals surface area contributed by atoms with Crippen LogP contribution < -0.4 is 0 Å². The van der Waals surface area contributed by atoms with Crippen LogP contribution in [0.5, 0.6) is 0 Å². The average molecular weight is 507 g/mol. The Morgan fingerprint density at radius 1 is 0.579 bits per heavy atom. The van der Waals surface area contributed by atoms with E-state index in [2.05, 4.69) is 52.0 Å². The molecule has 0 saturated heterocycles. The third-order valence-electron chi connectivity index (χ3n) is 7.76. The van der Waals surface area contributed by atoms with Gasteiger partial charge in [-0.15, -0.1) is 0 Å². The normalized spacial score (nSPS) is 11.6. The zero-order chi connectivity index (χ0) is 27.9. The summed E-state index contributed by atoms with van der Waals surface area (Å²) in [6.45, 7) is 16.2. The SMILES string of the molecule is CCC(=O)c1cc(C(=O)c2cc(C(=O)CC)c3c(C)ccc(C(C)C)cc2-3)c2cc(C(C)C)ccc(C)c1-2. The molecule has 3 nitrogen and oxygen atoms in total. The zero-order valence-electron chi connectivity index (χ0n) is 23.9. The summed E-state index contributed by atoms with van der Waals surface area (Å²) in [5.41, 5.74) is 9.70. The lowest BCUT2D eigenvalue weighted by Gasteiger charge is -2.08. The van der Waals surface area contributed by atoms with Crippen molar-refractivity contribution in [3.05, 3.63) is 93.0 Å². The average Bonchev–Trinajstić information content (AvgIpc) is 3.34. The molecule has 3 heteroatoms. The lowest BCUT2D eigenvalue weighted by molar-refractivity contribution is 0.0981. The van der Waals surface area contributed by atoms with Crippen LogP contribution >= 0.6 is 0 Å². The van der Waals surface area contributed by atoms with E-state index >= 15 is 0 Å². The van der Waals surface area contributed by atoms with Crippen LogP contribution in [0.25, 0.3) is 22.3 Å². The number of rotatable bonds is 8. The van der Waals surface area contributed by atoms with Crippen molar-refractivity contribution in [2.45, 2.75) is 80.1 Å². The molecule has 0 N–H and O–H groups in total. The van der Waals surface area contributed by atoms with Crippen LogP contribution in [0.3, 0.4) is 0 Å². The number of fused-ring (bicyclic) bond motifs is 2. The van der Waals surface area contributed by atoms with Gasteiger partial charge >= 0.3 is 0 Å². The van der Waals surface area contributed by atoms with Crippen LogP contribution in [0.1, 0.15) is 125 Å². The quantitative estimate of drug-likeness (QED) is 0.224. The van der Waals surface area contributed by atoms with E-state index in [4.69, 9.17) is 0 Å². The Labute approximate surface area is 227 Å². The summed E-state index contributed by atoms with van der Waals surface area (Å²) in [5, 5.41) is 0. The molecular formula is C35H38O3. The second-order valence-corrected chi connectivity index (χ2v) is 11.0. The predicted molar refractivity (Wildman–Crippen MR) is 156 cm³/mol. The predicted octanol–water partition coefficient (Wildman–Crippen LogP) is 9.18. The fourth-order valence-electron chi connectivity index (χ4n) is 5.40. The first-order valence-electron chi connectivity index (χ1n) is 13.8. The largest absolute Gasteiger partial charge is 0.294 e. The number of aryl methyl sites for hydroxylation is 2. The summed E-state index contributed by atoms with van der Waals surface area (Å²) < 4.78 is 0. The molecule has 0 heterocycles. The molecule has 0 aromatic rings. The van der Waals surface area contributed by atoms with Gasteiger partial charge in [0.2, 0.25) is 0 Å². The Balaban J connectivity index is 2.07. The van der Waals surface area contributed by atoms with Crippen molar-refractivity contribution < 1.29 is 14.4 Å². The smallest absolute Gasteiger partial charge is 0.194 e. The molecule has 0 aromatic heterocycles. The highest BCUT2D eigenvalue weighted by atomic mass is 16.1. The number of hydrogen-bond donors (Lipinski definition) is 0. The maximum Gasteiger partial charge on any atom is 0.194 e. The first-order chi connectivity index (χ1) is 18.0. The van der Waals surface area contributed by atoms with Crippen molar-refractivity contribution in [3.63, 3.8) is 0 Å². The van der Waals surface area contributed by atoms with Gasteiger partial charge in [-0.25, -0.2) is 0 Å². The molecule has 0 fully saturated rings. The van der Waals surface area contributed by atoms with Crippen LogP contribution in [-0.2, 0) is 0 Å². The van der Waals surface area contributed by atoms with Crippen molar-refractivity contribution in [1.29, 1.82) is 0 Å². The zero-order valence-corrected chi connectivity index (χ0v) is 23.9. The van der Waals surface area contributed by atoms with Gasteiger partial charge in [-0.1, -0.05) is 77.9 Å². The highest BCUT2D eigenvalue weighted by molar-refractivity contribution is 6.22. The van der Waals surface area contributed by atoms with Crippen molar-refractivity contribution in [1.82, 2.24) is 0 Å². The molecule has 196 valence electrons. The molecule has 0 unspecified atom stereocenters. The van der Waals surface area contributed by atoms with Gasteiger partial charge in [0.05, 0.1) is 0 Å². The standard InChI is InChI=1S/C35H38O3/c1-9-31(36)29-17-27(25-15-23(19(3)4)13-11-21(7)33(25)29)35(38)28-18-30(32(37)10-2)34-22(8)12-14-24(20(5)6)16-26(28)34/h11-20H,9-10H2,1-8H3. The Hall–Kier alpha value is -3.59. The van der Waals surface area contributed by atoms with E-state index in [9.17, 15) is 14.4 Å². The highest BCUT2D eigenvalue weighted by Gasteiger charge is 2.30. The number of hydrogen-bond acceptors (Lipinski definition) is 3. The lowest BCUT2D eigenvalue weighted by Crippen LogP contribution is -2.01. The molecule has 0 amide bonds. The summed E-state index contributed by atoms with van der Waals surface area (Å²) in [6, 6.07) is 16.0. The van der Waals surface area contributed by atoms with E-state index in [1.165, 1.54) is 0 Å². The number of carbonyl (C=O) groups is 3. The molecule has 0 aliphatic heterocycles. The Morgan fingerprint density at radius 2 is 0.947 bits per heavy atom. The molecule has 0 saturated carbocycles. The fraction of sp³-hybridized carbons (Fsp3) is 0.343. The summed E-state index contributed by atoms with van der Waals surface area (Å²) in [7, 11) is 0. The maximum absolute atomic E-state index is 14.5. The van der Waals surface area contributed by atoms with E-state index in [0.29, 0.717) is 35.1 Å². The van der Waals surface area contributed by atoms with Crippen LogP contribution in [0.2, 0.25) is 0 Å². The monoisotopic (exact) mass is 506 g/mol. The summed E-state index contributed by atoms with van der Waals surface area (Å²) in [5.74, 6) is 0.418. The van der Waals surface area contributed by atoms with Gasteiger partial charge < -0.3 is 0 Å². The molecule has 0 spiro atoms. The molecule has 4 aliphatic rings. The number of carbonyl (C=O) groups excluding carboxylic acids is 3. The molecule has 0 radical (unpaired) electrons. The van der Waals surface area contributed by atoms with Crippen molar-refractivity contribution >= 4 is 17.3 Å². The molecule has 4 aliphatic carbocycles. The minimum atomic E-state index is -0.147. The van der Waals surface area contributed by atoms with E-state index in [1.807, 2.05) is 39.8 Å². The van der Waals surface area contributed by atoms with Crippen LogP contribution in [-0.4, -0.2) is 17.3 Å². The fourth-order valence-corrected chi connectivity index (χ4v) is 5.40. The summed E-state index contributed by atoms with van der Waals surface area (Å²) >= 11 is 0. The molecule has 0 atom stereocenters. The van der Waals surface area contributed by atoms with Crippen LogP contribution in [0.4, 0.5) is 0 Å². The maximum atomic E-state index is 14.5. The van der Waals surface area contributed by atoms with Crippen LogP contribution in [0, 0.1) is 13.8 Å². The number of Topliss-reactive ketones (excluding diaryl/α,β-unsaturated/α-hetero) is 2. The van der Waals surface area contributed by atoms with Crippen LogP contribution in [0.15, 0.2) is 48.5 Å². The van der Waals surface area contributed by atoms with E-state index in [1.54, 1.807) is 12.1 Å². The lowest BCUT2D eigenvalue weighted by atomic mass is 9.94. The third kappa shape index (κ3) is 4.71. The minimum absolute atomic E-state index is 0.0213.